The van der Waals surface area contributed by atoms with Crippen LogP contribution in [-0.4, -0.2) is 13.6 Å². The first kappa shape index (κ1) is 19.2. The molecule has 0 radical (unpaired) electrons. The molecule has 0 saturated heterocycles. The molecule has 0 unspecified atom stereocenters. The van der Waals surface area contributed by atoms with Crippen molar-refractivity contribution in [2.45, 2.75) is 17.8 Å². The quantitative estimate of drug-likeness (QED) is 0.648. The molecule has 2 aromatic rings. The monoisotopic (exact) mass is 407 g/mol. The number of hydrogen-bond acceptors (Lipinski definition) is 1. The minimum absolute atomic E-state index is 0. The fraction of sp³-hybridized carbons (Fsp3) is 0.294. The van der Waals surface area contributed by atoms with E-state index in [1.165, 1.54) is 11.1 Å². The molecule has 124 valence electrons. The van der Waals surface area contributed by atoms with Crippen molar-refractivity contribution < 1.29 is 0 Å². The van der Waals surface area contributed by atoms with E-state index in [1.54, 1.807) is 0 Å². The minimum Gasteiger partial charge on any atom is -0.319 e. The zero-order valence-electron chi connectivity index (χ0n) is 12.5. The molecule has 1 N–H and O–H groups in total. The maximum Gasteiger partial charge on any atom is 0.0595 e. The van der Waals surface area contributed by atoms with Crippen molar-refractivity contribution in [1.29, 1.82) is 0 Å². The summed E-state index contributed by atoms with van der Waals surface area (Å²) in [5.41, 5.74) is 2.43. The van der Waals surface area contributed by atoms with Gasteiger partial charge in [-0.3, -0.25) is 0 Å². The number of likely N-dealkylation sites (N-methyl/N-ethyl adjacent to an activating group) is 1. The van der Waals surface area contributed by atoms with Gasteiger partial charge in [-0.25, -0.2) is 0 Å². The van der Waals surface area contributed by atoms with Gasteiger partial charge in [0.2, 0.25) is 0 Å². The van der Waals surface area contributed by atoms with Gasteiger partial charge in [-0.1, -0.05) is 58.5 Å². The molecule has 0 heterocycles. The normalized spacial score (nSPS) is 22.6. The maximum atomic E-state index is 6.20. The van der Waals surface area contributed by atoms with Gasteiger partial charge in [0, 0.05) is 12.0 Å². The second-order valence-corrected chi connectivity index (χ2v) is 7.37. The molecule has 1 fully saturated rings. The molecule has 23 heavy (non-hydrogen) atoms. The predicted octanol–water partition coefficient (Wildman–Crippen LogP) is 6.06. The van der Waals surface area contributed by atoms with E-state index < -0.39 is 0 Å². The van der Waals surface area contributed by atoms with Crippen LogP contribution in [0.25, 0.3) is 0 Å². The van der Waals surface area contributed by atoms with Gasteiger partial charge in [0.1, 0.15) is 0 Å². The van der Waals surface area contributed by atoms with Crippen LogP contribution in [0, 0.1) is 0 Å². The highest BCUT2D eigenvalue weighted by atomic mass is 35.5. The summed E-state index contributed by atoms with van der Waals surface area (Å²) in [6.07, 6.45) is 1.05. The van der Waals surface area contributed by atoms with E-state index in [9.17, 15) is 0 Å². The van der Waals surface area contributed by atoms with Crippen LogP contribution >= 0.6 is 59.9 Å². The van der Waals surface area contributed by atoms with Gasteiger partial charge in [-0.15, -0.1) is 0 Å². The Labute approximate surface area is 163 Å². The third-order valence-corrected chi connectivity index (χ3v) is 5.89. The molecule has 1 saturated carbocycles. The zero-order chi connectivity index (χ0) is 15.9. The molecule has 2 aromatic carbocycles. The summed E-state index contributed by atoms with van der Waals surface area (Å²) in [6, 6.07) is 11.8. The van der Waals surface area contributed by atoms with Crippen molar-refractivity contribution in [3.63, 3.8) is 0 Å². The first-order valence-corrected chi connectivity index (χ1v) is 8.54. The fourth-order valence-corrected chi connectivity index (χ4v) is 3.81. The molecule has 0 aliphatic heterocycles. The number of nitrogens with one attached hydrogen (secondary N) is 1. The first-order chi connectivity index (χ1) is 10.5. The highest BCUT2D eigenvalue weighted by Crippen LogP contribution is 2.60. The van der Waals surface area contributed by atoms with Crippen molar-refractivity contribution >= 4 is 59.9 Å². The molecule has 0 bridgehead atoms. The number of benzene rings is 2. The summed E-state index contributed by atoms with van der Waals surface area (Å²) in [5, 5.41) is 5.65. The second kappa shape index (κ2) is 7.43. The van der Waals surface area contributed by atoms with Crippen LogP contribution in [0.1, 0.15) is 23.5 Å². The molecule has 0 spiro atoms. The smallest absolute Gasteiger partial charge is 0.0595 e. The Balaban J connectivity index is 0.00000192. The number of rotatable bonds is 4. The standard InChI is InChI=1S/C17H15Cl4N.H2S/c1-22-9-17(11-3-5-14(19)16(21)7-11)8-12(17)10-2-4-13(18)15(20)6-10;/h2-7,12,22H,8-9H2,1H3;1H2/t12-,17-;/m1./s1. The fourth-order valence-electron chi connectivity index (χ4n) is 3.21. The molecule has 0 amide bonds. The van der Waals surface area contributed by atoms with E-state index in [-0.39, 0.29) is 18.9 Å². The lowest BCUT2D eigenvalue weighted by Crippen LogP contribution is -2.25. The Bertz CT molecular complexity index is 722. The van der Waals surface area contributed by atoms with Crippen molar-refractivity contribution in [2.75, 3.05) is 13.6 Å². The summed E-state index contributed by atoms with van der Waals surface area (Å²) in [5.74, 6) is 0.395. The molecule has 2 atom stereocenters. The van der Waals surface area contributed by atoms with E-state index in [4.69, 9.17) is 46.4 Å². The van der Waals surface area contributed by atoms with Gasteiger partial charge in [0.25, 0.3) is 0 Å². The molecule has 1 nitrogen and oxygen atoms in total. The van der Waals surface area contributed by atoms with Gasteiger partial charge >= 0.3 is 0 Å². The molecule has 6 heteroatoms. The lowest BCUT2D eigenvalue weighted by molar-refractivity contribution is 0.605. The van der Waals surface area contributed by atoms with Crippen LogP contribution in [0.2, 0.25) is 20.1 Å². The second-order valence-electron chi connectivity index (χ2n) is 5.75. The Morgan fingerprint density at radius 1 is 0.957 bits per heavy atom. The minimum atomic E-state index is 0. The van der Waals surface area contributed by atoms with Gasteiger partial charge < -0.3 is 5.32 Å². The number of hydrogen-bond donors (Lipinski definition) is 1. The third-order valence-electron chi connectivity index (χ3n) is 4.41. The topological polar surface area (TPSA) is 12.0 Å². The lowest BCUT2D eigenvalue weighted by atomic mass is 9.90. The Kier molecular flexibility index (Phi) is 6.21. The summed E-state index contributed by atoms with van der Waals surface area (Å²) < 4.78 is 0. The summed E-state index contributed by atoms with van der Waals surface area (Å²) >= 11 is 24.4. The molecule has 1 aliphatic carbocycles. The Hall–Kier alpha value is -0.0900. The zero-order valence-corrected chi connectivity index (χ0v) is 16.5. The molecule has 3 rings (SSSR count). The van der Waals surface area contributed by atoms with E-state index in [0.717, 1.165) is 13.0 Å². The third kappa shape index (κ3) is 3.63. The van der Waals surface area contributed by atoms with Crippen molar-refractivity contribution in [1.82, 2.24) is 5.32 Å². The van der Waals surface area contributed by atoms with Crippen molar-refractivity contribution in [3.8, 4) is 0 Å². The molecular formula is C17H17Cl4NS. The molecule has 0 aromatic heterocycles. The van der Waals surface area contributed by atoms with E-state index in [0.29, 0.717) is 26.0 Å². The average molecular weight is 409 g/mol. The lowest BCUT2D eigenvalue weighted by Gasteiger charge is -2.19. The van der Waals surface area contributed by atoms with Crippen LogP contribution in [0.15, 0.2) is 36.4 Å². The summed E-state index contributed by atoms with van der Waals surface area (Å²) in [6.45, 7) is 0.871. The first-order valence-electron chi connectivity index (χ1n) is 7.03. The van der Waals surface area contributed by atoms with E-state index in [2.05, 4.69) is 11.4 Å². The van der Waals surface area contributed by atoms with Gasteiger partial charge in [-0.2, -0.15) is 13.5 Å². The molecule has 1 aliphatic rings. The maximum absolute atomic E-state index is 6.20. The van der Waals surface area contributed by atoms with E-state index in [1.807, 2.05) is 37.4 Å². The summed E-state index contributed by atoms with van der Waals surface area (Å²) in [4.78, 5) is 0. The summed E-state index contributed by atoms with van der Waals surface area (Å²) in [7, 11) is 1.96. The SMILES string of the molecule is CNC[C@@]1(c2ccc(Cl)c(Cl)c2)C[C@@H]1c1ccc(Cl)c(Cl)c1.S. The van der Waals surface area contributed by atoms with Crippen LogP contribution < -0.4 is 5.32 Å². The van der Waals surface area contributed by atoms with Gasteiger partial charge in [0.15, 0.2) is 0 Å². The van der Waals surface area contributed by atoms with Gasteiger partial charge in [-0.05, 0) is 54.8 Å². The van der Waals surface area contributed by atoms with Crippen molar-refractivity contribution in [3.05, 3.63) is 67.6 Å². The largest absolute Gasteiger partial charge is 0.319 e. The van der Waals surface area contributed by atoms with Crippen molar-refractivity contribution in [2.24, 2.45) is 0 Å². The average Bonchev–Trinajstić information content (AvgIpc) is 3.21. The highest BCUT2D eigenvalue weighted by Gasteiger charge is 2.55. The van der Waals surface area contributed by atoms with Gasteiger partial charge in [0.05, 0.1) is 20.1 Å². The van der Waals surface area contributed by atoms with Crippen LogP contribution in [0.3, 0.4) is 0 Å². The van der Waals surface area contributed by atoms with E-state index >= 15 is 0 Å². The Morgan fingerprint density at radius 2 is 1.57 bits per heavy atom. The van der Waals surface area contributed by atoms with Crippen LogP contribution in [-0.2, 0) is 5.41 Å². The highest BCUT2D eigenvalue weighted by molar-refractivity contribution is 7.59. The Morgan fingerprint density at radius 3 is 2.13 bits per heavy atom. The van der Waals surface area contributed by atoms with Crippen LogP contribution in [0.5, 0.6) is 0 Å². The molecular weight excluding hydrogens is 392 g/mol. The van der Waals surface area contributed by atoms with Crippen LogP contribution in [0.4, 0.5) is 0 Å². The predicted molar refractivity (Wildman–Crippen MR) is 106 cm³/mol. The number of halogens is 4.